The van der Waals surface area contributed by atoms with Crippen LogP contribution in [-0.2, 0) is 14.8 Å². The maximum Gasteiger partial charge on any atom is 0.439 e. The highest BCUT2D eigenvalue weighted by Crippen LogP contribution is 2.33. The normalized spacial score (nSPS) is 17.8. The van der Waals surface area contributed by atoms with E-state index in [2.05, 4.69) is 21.2 Å². The first-order chi connectivity index (χ1) is 11.6. The Kier molecular flexibility index (Phi) is 6.47. The van der Waals surface area contributed by atoms with Crippen LogP contribution < -0.4 is 5.32 Å². The Morgan fingerprint density at radius 2 is 1.80 bits per heavy atom. The average Bonchev–Trinajstić information content (AvgIpc) is 2.54. The van der Waals surface area contributed by atoms with Crippen LogP contribution in [0.5, 0.6) is 0 Å². The Hall–Kier alpha value is -1.16. The summed E-state index contributed by atoms with van der Waals surface area (Å²) in [7, 11) is -4.05. The minimum absolute atomic E-state index is 0.396. The van der Waals surface area contributed by atoms with E-state index in [1.54, 1.807) is 51.1 Å². The van der Waals surface area contributed by atoms with Crippen LogP contribution >= 0.6 is 15.9 Å². The van der Waals surface area contributed by atoms with E-state index in [9.17, 15) is 13.2 Å². The van der Waals surface area contributed by atoms with Crippen LogP contribution in [0.4, 0.5) is 4.79 Å². The second-order valence-electron chi connectivity index (χ2n) is 6.70. The van der Waals surface area contributed by atoms with Gasteiger partial charge in [0.2, 0.25) is 0 Å². The zero-order valence-corrected chi connectivity index (χ0v) is 17.0. The van der Waals surface area contributed by atoms with E-state index in [4.69, 9.17) is 4.74 Å². The van der Waals surface area contributed by atoms with Gasteiger partial charge in [0.05, 0.1) is 0 Å². The van der Waals surface area contributed by atoms with Crippen LogP contribution in [0.3, 0.4) is 0 Å². The topological polar surface area (TPSA) is 79.0 Å². The maximum atomic E-state index is 13.2. The van der Waals surface area contributed by atoms with Crippen molar-refractivity contribution in [3.05, 3.63) is 35.9 Å². The summed E-state index contributed by atoms with van der Waals surface area (Å²) < 4.78 is 31.4. The Morgan fingerprint density at radius 1 is 1.24 bits per heavy atom. The number of benzene rings is 1. The van der Waals surface area contributed by atoms with Crippen molar-refractivity contribution in [2.45, 2.75) is 30.5 Å². The quantitative estimate of drug-likeness (QED) is 0.734. The maximum absolute atomic E-state index is 13.2. The number of ether oxygens (including phenoxy) is 1. The Balaban J connectivity index is 2.37. The molecule has 7 nitrogen and oxygen atoms in total. The molecule has 0 bridgehead atoms. The van der Waals surface area contributed by atoms with Gasteiger partial charge in [-0.3, -0.25) is 0 Å². The lowest BCUT2D eigenvalue weighted by atomic mass is 10.2. The molecule has 1 aromatic carbocycles. The number of piperazine rings is 1. The van der Waals surface area contributed by atoms with E-state index in [0.29, 0.717) is 31.7 Å². The van der Waals surface area contributed by atoms with Crippen LogP contribution in [0.2, 0.25) is 0 Å². The molecule has 1 heterocycles. The Labute approximate surface area is 157 Å². The standard InChI is InChI=1S/C16H24BrN3O4S/c1-16(2,3)24-15(21)20(19-11-9-18-10-12-19)25(22,23)14(17)13-7-5-4-6-8-13/h4-8,14,18H,9-12H2,1-3H3. The third kappa shape index (κ3) is 5.16. The van der Waals surface area contributed by atoms with E-state index < -0.39 is 25.9 Å². The van der Waals surface area contributed by atoms with E-state index in [1.165, 1.54) is 5.01 Å². The fourth-order valence-corrected chi connectivity index (χ4v) is 4.57. The Bertz CT molecular complexity index is 685. The number of hydrazine groups is 1. The molecule has 0 aliphatic carbocycles. The molecule has 0 aromatic heterocycles. The van der Waals surface area contributed by atoms with Crippen molar-refractivity contribution < 1.29 is 17.9 Å². The molecule has 0 saturated carbocycles. The van der Waals surface area contributed by atoms with Gasteiger partial charge in [0.1, 0.15) is 5.60 Å². The number of amides is 1. The zero-order valence-electron chi connectivity index (χ0n) is 14.6. The van der Waals surface area contributed by atoms with Crippen molar-refractivity contribution in [3.8, 4) is 0 Å². The number of sulfonamides is 1. The Morgan fingerprint density at radius 3 is 2.32 bits per heavy atom. The van der Waals surface area contributed by atoms with Crippen molar-refractivity contribution >= 4 is 32.0 Å². The molecule has 0 radical (unpaired) electrons. The summed E-state index contributed by atoms with van der Waals surface area (Å²) >= 11 is 3.24. The second-order valence-corrected chi connectivity index (χ2v) is 10.1. The van der Waals surface area contributed by atoms with E-state index in [0.717, 1.165) is 4.41 Å². The summed E-state index contributed by atoms with van der Waals surface area (Å²) in [6, 6.07) is 8.70. The SMILES string of the molecule is CC(C)(C)OC(=O)N(N1CCNCC1)S(=O)(=O)C(Br)c1ccccc1. The summed E-state index contributed by atoms with van der Waals surface area (Å²) in [4.78, 5) is 12.7. The summed E-state index contributed by atoms with van der Waals surface area (Å²) in [5.41, 5.74) is -0.251. The van der Waals surface area contributed by atoms with Crippen LogP contribution in [0.25, 0.3) is 0 Å². The fraction of sp³-hybridized carbons (Fsp3) is 0.562. The first kappa shape index (κ1) is 20.2. The number of hydrogen-bond acceptors (Lipinski definition) is 6. The lowest BCUT2D eigenvalue weighted by molar-refractivity contribution is -0.0124. The third-order valence-electron chi connectivity index (χ3n) is 3.46. The molecule has 1 saturated heterocycles. The van der Waals surface area contributed by atoms with Crippen LogP contribution in [-0.4, -0.2) is 55.7 Å². The predicted molar refractivity (Wildman–Crippen MR) is 99.5 cm³/mol. The molecule has 1 amide bonds. The van der Waals surface area contributed by atoms with Gasteiger partial charge in [-0.2, -0.15) is 5.01 Å². The minimum Gasteiger partial charge on any atom is -0.442 e. The number of rotatable bonds is 4. The third-order valence-corrected chi connectivity index (χ3v) is 7.07. The number of halogens is 1. The van der Waals surface area contributed by atoms with Crippen molar-refractivity contribution in [1.82, 2.24) is 14.7 Å². The van der Waals surface area contributed by atoms with Gasteiger partial charge in [0.25, 0.3) is 10.0 Å². The number of nitrogens with zero attached hydrogens (tertiary/aromatic N) is 2. The van der Waals surface area contributed by atoms with Crippen molar-refractivity contribution in [1.29, 1.82) is 0 Å². The molecule has 1 fully saturated rings. The fourth-order valence-electron chi connectivity index (χ4n) is 2.38. The highest BCUT2D eigenvalue weighted by Gasteiger charge is 2.41. The van der Waals surface area contributed by atoms with Crippen molar-refractivity contribution in [3.63, 3.8) is 0 Å². The number of hydrogen-bond donors (Lipinski definition) is 1. The van der Waals surface area contributed by atoms with Gasteiger partial charge in [-0.05, 0) is 26.3 Å². The number of nitrogens with one attached hydrogen (secondary N) is 1. The molecule has 1 atom stereocenters. The molecule has 0 spiro atoms. The molecule has 2 rings (SSSR count). The zero-order chi connectivity index (χ0) is 18.7. The highest BCUT2D eigenvalue weighted by atomic mass is 79.9. The van der Waals surface area contributed by atoms with Gasteiger partial charge < -0.3 is 10.1 Å². The number of carbonyl (C=O) groups excluding carboxylic acids is 1. The molecule has 1 unspecified atom stereocenters. The van der Waals surface area contributed by atoms with Gasteiger partial charge in [0.15, 0.2) is 4.16 Å². The molecule has 1 N–H and O–H groups in total. The van der Waals surface area contributed by atoms with Gasteiger partial charge in [0, 0.05) is 26.2 Å². The van der Waals surface area contributed by atoms with E-state index in [-0.39, 0.29) is 0 Å². The van der Waals surface area contributed by atoms with Crippen molar-refractivity contribution in [2.24, 2.45) is 0 Å². The molecule has 1 aromatic rings. The smallest absolute Gasteiger partial charge is 0.439 e. The molecule has 9 heteroatoms. The largest absolute Gasteiger partial charge is 0.442 e. The van der Waals surface area contributed by atoms with Crippen LogP contribution in [0.15, 0.2) is 30.3 Å². The van der Waals surface area contributed by atoms with Crippen LogP contribution in [0, 0.1) is 0 Å². The number of carbonyl (C=O) groups is 1. The molecule has 1 aliphatic heterocycles. The predicted octanol–water partition coefficient (Wildman–Crippen LogP) is 2.47. The minimum atomic E-state index is -4.05. The molecular weight excluding hydrogens is 410 g/mol. The number of alkyl halides is 1. The first-order valence-electron chi connectivity index (χ1n) is 8.04. The summed E-state index contributed by atoms with van der Waals surface area (Å²) in [6.45, 7) is 7.09. The van der Waals surface area contributed by atoms with Gasteiger partial charge >= 0.3 is 6.09 Å². The molecule has 25 heavy (non-hydrogen) atoms. The lowest BCUT2D eigenvalue weighted by Crippen LogP contribution is -2.57. The first-order valence-corrected chi connectivity index (χ1v) is 10.5. The summed E-state index contributed by atoms with van der Waals surface area (Å²) in [5, 5.41) is 4.65. The monoisotopic (exact) mass is 433 g/mol. The molecule has 1 aliphatic rings. The van der Waals surface area contributed by atoms with Crippen molar-refractivity contribution in [2.75, 3.05) is 26.2 Å². The van der Waals surface area contributed by atoms with E-state index >= 15 is 0 Å². The lowest BCUT2D eigenvalue weighted by Gasteiger charge is -2.38. The summed E-state index contributed by atoms with van der Waals surface area (Å²) in [5.74, 6) is 0. The average molecular weight is 434 g/mol. The summed E-state index contributed by atoms with van der Waals surface area (Å²) in [6.07, 6.45) is -0.894. The second kappa shape index (κ2) is 8.03. The molecule has 140 valence electrons. The van der Waals surface area contributed by atoms with Gasteiger partial charge in [-0.15, -0.1) is 4.41 Å². The van der Waals surface area contributed by atoms with E-state index in [1.807, 2.05) is 0 Å². The highest BCUT2D eigenvalue weighted by molar-refractivity contribution is 9.10. The van der Waals surface area contributed by atoms with Gasteiger partial charge in [-0.25, -0.2) is 13.2 Å². The van der Waals surface area contributed by atoms with Gasteiger partial charge in [-0.1, -0.05) is 46.3 Å². The molecular formula is C16H24BrN3O4S. The van der Waals surface area contributed by atoms with Crippen LogP contribution in [0.1, 0.15) is 30.5 Å².